The van der Waals surface area contributed by atoms with Crippen LogP contribution >= 0.6 is 0 Å². The second kappa shape index (κ2) is 4.96. The zero-order valence-electron chi connectivity index (χ0n) is 11.2. The molecule has 104 valence electrons. The van der Waals surface area contributed by atoms with Crippen molar-refractivity contribution in [1.29, 1.82) is 0 Å². The minimum absolute atomic E-state index is 0.149. The van der Waals surface area contributed by atoms with Crippen molar-refractivity contribution in [3.05, 3.63) is 29.3 Å². The van der Waals surface area contributed by atoms with Crippen LogP contribution in [0.4, 0.5) is 0 Å². The van der Waals surface area contributed by atoms with Crippen LogP contribution < -0.4 is 5.73 Å². The Morgan fingerprint density at radius 1 is 1.32 bits per heavy atom. The van der Waals surface area contributed by atoms with Crippen molar-refractivity contribution in [2.75, 3.05) is 6.26 Å². The highest BCUT2D eigenvalue weighted by Gasteiger charge is 2.28. The van der Waals surface area contributed by atoms with Gasteiger partial charge < -0.3 is 5.73 Å². The summed E-state index contributed by atoms with van der Waals surface area (Å²) in [6.45, 7) is 2.16. The van der Waals surface area contributed by atoms with Crippen molar-refractivity contribution in [2.24, 2.45) is 11.7 Å². The number of sulfone groups is 1. The van der Waals surface area contributed by atoms with Gasteiger partial charge in [-0.15, -0.1) is 0 Å². The molecule has 0 aromatic heterocycles. The number of benzene rings is 1. The monoisotopic (exact) mass is 281 g/mol. The van der Waals surface area contributed by atoms with Crippen LogP contribution in [0.3, 0.4) is 0 Å². The van der Waals surface area contributed by atoms with Crippen molar-refractivity contribution >= 4 is 15.7 Å². The highest BCUT2D eigenvalue weighted by atomic mass is 32.2. The number of carbonyl (C=O) groups is 1. The Bertz CT molecular complexity index is 607. The Labute approximate surface area is 113 Å². The molecule has 1 saturated carbocycles. The lowest BCUT2D eigenvalue weighted by Crippen LogP contribution is -2.17. The van der Waals surface area contributed by atoms with Crippen LogP contribution in [-0.4, -0.2) is 20.6 Å². The zero-order valence-corrected chi connectivity index (χ0v) is 12.0. The van der Waals surface area contributed by atoms with E-state index in [1.807, 2.05) is 0 Å². The molecule has 0 spiro atoms. The fourth-order valence-electron chi connectivity index (χ4n) is 2.91. The van der Waals surface area contributed by atoms with Crippen molar-refractivity contribution < 1.29 is 13.2 Å². The third-order valence-corrected chi connectivity index (χ3v) is 5.09. The molecule has 0 saturated heterocycles. The molecule has 0 heterocycles. The van der Waals surface area contributed by atoms with E-state index >= 15 is 0 Å². The summed E-state index contributed by atoms with van der Waals surface area (Å²) in [4.78, 5) is 11.7. The predicted molar refractivity (Wildman–Crippen MR) is 73.8 cm³/mol. The number of hydrogen-bond acceptors (Lipinski definition) is 3. The van der Waals surface area contributed by atoms with Crippen molar-refractivity contribution in [3.8, 4) is 0 Å². The summed E-state index contributed by atoms with van der Waals surface area (Å²) < 4.78 is 23.1. The second-order valence-corrected chi connectivity index (χ2v) is 7.42. The maximum absolute atomic E-state index is 11.6. The molecule has 0 radical (unpaired) electrons. The van der Waals surface area contributed by atoms with Gasteiger partial charge in [-0.1, -0.05) is 25.8 Å². The summed E-state index contributed by atoms with van der Waals surface area (Å²) >= 11 is 0. The Morgan fingerprint density at radius 3 is 2.47 bits per heavy atom. The van der Waals surface area contributed by atoms with E-state index in [1.54, 1.807) is 12.1 Å². The van der Waals surface area contributed by atoms with Crippen LogP contribution in [0.15, 0.2) is 23.1 Å². The maximum atomic E-state index is 11.6. The first-order chi connectivity index (χ1) is 8.80. The van der Waals surface area contributed by atoms with E-state index in [1.165, 1.54) is 6.07 Å². The lowest BCUT2D eigenvalue weighted by atomic mass is 9.87. The summed E-state index contributed by atoms with van der Waals surface area (Å²) in [5.41, 5.74) is 6.65. The fourth-order valence-corrected chi connectivity index (χ4v) is 3.56. The minimum Gasteiger partial charge on any atom is -0.366 e. The Balaban J connectivity index is 2.53. The van der Waals surface area contributed by atoms with Gasteiger partial charge in [-0.2, -0.15) is 0 Å². The van der Waals surface area contributed by atoms with Crippen molar-refractivity contribution in [2.45, 2.75) is 37.0 Å². The van der Waals surface area contributed by atoms with E-state index in [2.05, 4.69) is 6.92 Å². The van der Waals surface area contributed by atoms with Gasteiger partial charge in [-0.05, 0) is 36.0 Å². The van der Waals surface area contributed by atoms with Gasteiger partial charge in [0.25, 0.3) is 0 Å². The fraction of sp³-hybridized carbons (Fsp3) is 0.500. The third-order valence-electron chi connectivity index (χ3n) is 3.98. The van der Waals surface area contributed by atoms with Crippen LogP contribution in [0, 0.1) is 5.92 Å². The number of nitrogens with two attached hydrogens (primary N) is 1. The highest BCUT2D eigenvalue weighted by Crippen LogP contribution is 2.40. The molecule has 19 heavy (non-hydrogen) atoms. The first-order valence-corrected chi connectivity index (χ1v) is 8.33. The average Bonchev–Trinajstić information content (AvgIpc) is 2.73. The Hall–Kier alpha value is -1.36. The normalized spacial score (nSPS) is 23.5. The summed E-state index contributed by atoms with van der Waals surface area (Å²) in [5.74, 6) is 0.248. The molecule has 0 aliphatic heterocycles. The van der Waals surface area contributed by atoms with Gasteiger partial charge in [-0.25, -0.2) is 8.42 Å². The van der Waals surface area contributed by atoms with Crippen LogP contribution in [0.25, 0.3) is 0 Å². The van der Waals surface area contributed by atoms with E-state index in [0.29, 0.717) is 17.4 Å². The SMILES string of the molecule is CC1CCCC1c1ccc(S(C)(=O)=O)cc1C(N)=O. The van der Waals surface area contributed by atoms with Gasteiger partial charge in [0.05, 0.1) is 4.90 Å². The first kappa shape index (κ1) is 14.1. The zero-order chi connectivity index (χ0) is 14.2. The Kier molecular flexibility index (Phi) is 3.67. The molecule has 2 atom stereocenters. The molecule has 1 aromatic rings. The molecule has 2 unspecified atom stereocenters. The van der Waals surface area contributed by atoms with E-state index in [9.17, 15) is 13.2 Å². The van der Waals surface area contributed by atoms with E-state index in [0.717, 1.165) is 31.1 Å². The molecular weight excluding hydrogens is 262 g/mol. The summed E-state index contributed by atoms with van der Waals surface area (Å²) in [6, 6.07) is 4.74. The third kappa shape index (κ3) is 2.81. The topological polar surface area (TPSA) is 77.2 Å². The molecule has 5 heteroatoms. The summed E-state index contributed by atoms with van der Waals surface area (Å²) in [5, 5.41) is 0. The van der Waals surface area contributed by atoms with Crippen molar-refractivity contribution in [3.63, 3.8) is 0 Å². The highest BCUT2D eigenvalue weighted by molar-refractivity contribution is 7.90. The largest absolute Gasteiger partial charge is 0.366 e. The molecule has 2 N–H and O–H groups in total. The molecule has 1 fully saturated rings. The van der Waals surface area contributed by atoms with E-state index in [-0.39, 0.29) is 4.90 Å². The molecule has 0 bridgehead atoms. The van der Waals surface area contributed by atoms with Gasteiger partial charge in [-0.3, -0.25) is 4.79 Å². The molecule has 1 aliphatic rings. The number of carbonyl (C=O) groups excluding carboxylic acids is 1. The number of amides is 1. The van der Waals surface area contributed by atoms with Gasteiger partial charge in [0, 0.05) is 11.8 Å². The van der Waals surface area contributed by atoms with E-state index < -0.39 is 15.7 Å². The van der Waals surface area contributed by atoms with E-state index in [4.69, 9.17) is 5.73 Å². The molecule has 1 amide bonds. The van der Waals surface area contributed by atoms with Gasteiger partial charge in [0.2, 0.25) is 5.91 Å². The molecule has 2 rings (SSSR count). The quantitative estimate of drug-likeness (QED) is 0.921. The molecular formula is C14H19NO3S. The maximum Gasteiger partial charge on any atom is 0.249 e. The first-order valence-electron chi connectivity index (χ1n) is 6.44. The van der Waals surface area contributed by atoms with Gasteiger partial charge in [0.1, 0.15) is 0 Å². The number of primary amides is 1. The average molecular weight is 281 g/mol. The molecule has 1 aromatic carbocycles. The van der Waals surface area contributed by atoms with Gasteiger partial charge >= 0.3 is 0 Å². The molecule has 4 nitrogen and oxygen atoms in total. The van der Waals surface area contributed by atoms with Crippen LogP contribution in [0.1, 0.15) is 48.0 Å². The number of rotatable bonds is 3. The van der Waals surface area contributed by atoms with Gasteiger partial charge in [0.15, 0.2) is 9.84 Å². The van der Waals surface area contributed by atoms with Crippen LogP contribution in [-0.2, 0) is 9.84 Å². The predicted octanol–water partition coefficient (Wildman–Crippen LogP) is 2.09. The standard InChI is InChI=1S/C14H19NO3S/c1-9-4-3-5-11(9)12-7-6-10(19(2,17)18)8-13(12)14(15)16/h6-9,11H,3-5H2,1-2H3,(H2,15,16). The second-order valence-electron chi connectivity index (χ2n) is 5.40. The lowest BCUT2D eigenvalue weighted by Gasteiger charge is -2.19. The molecule has 1 aliphatic carbocycles. The lowest BCUT2D eigenvalue weighted by molar-refractivity contribution is 0.0998. The summed E-state index contributed by atoms with van der Waals surface area (Å²) in [7, 11) is -3.32. The smallest absolute Gasteiger partial charge is 0.249 e. The van der Waals surface area contributed by atoms with Crippen LogP contribution in [0.2, 0.25) is 0 Å². The number of hydrogen-bond donors (Lipinski definition) is 1. The Morgan fingerprint density at radius 2 is 2.00 bits per heavy atom. The van der Waals surface area contributed by atoms with Crippen molar-refractivity contribution in [1.82, 2.24) is 0 Å². The van der Waals surface area contributed by atoms with Crippen LogP contribution in [0.5, 0.6) is 0 Å². The summed E-state index contributed by atoms with van der Waals surface area (Å²) in [6.07, 6.45) is 4.43. The minimum atomic E-state index is -3.32.